The molecule has 2 amide bonds. The number of rotatable bonds is 10. The quantitative estimate of drug-likeness (QED) is 0.315. The Balaban J connectivity index is 2.00. The molecular formula is C28H29Cl3N2O2. The number of carbonyl (C=O) groups excluding carboxylic acids is 2. The van der Waals surface area contributed by atoms with Gasteiger partial charge in [-0.2, -0.15) is 0 Å². The van der Waals surface area contributed by atoms with E-state index in [0.717, 1.165) is 17.5 Å². The number of nitrogens with zero attached hydrogens (tertiary/aromatic N) is 1. The van der Waals surface area contributed by atoms with Gasteiger partial charge in [-0.15, -0.1) is 0 Å². The molecule has 1 N–H and O–H groups in total. The van der Waals surface area contributed by atoms with Crippen molar-refractivity contribution in [1.29, 1.82) is 0 Å². The van der Waals surface area contributed by atoms with E-state index in [4.69, 9.17) is 34.8 Å². The highest BCUT2D eigenvalue weighted by Crippen LogP contribution is 2.25. The Morgan fingerprint density at radius 1 is 0.857 bits per heavy atom. The largest absolute Gasteiger partial charge is 0.352 e. The summed E-state index contributed by atoms with van der Waals surface area (Å²) < 4.78 is 0. The van der Waals surface area contributed by atoms with Gasteiger partial charge in [-0.25, -0.2) is 0 Å². The fourth-order valence-corrected chi connectivity index (χ4v) is 4.26. The van der Waals surface area contributed by atoms with Gasteiger partial charge in [-0.3, -0.25) is 9.59 Å². The van der Waals surface area contributed by atoms with Crippen molar-refractivity contribution >= 4 is 46.6 Å². The molecule has 0 fully saturated rings. The Hall–Kier alpha value is -2.53. The topological polar surface area (TPSA) is 49.4 Å². The van der Waals surface area contributed by atoms with Gasteiger partial charge in [-0.1, -0.05) is 96.3 Å². The average Bonchev–Trinajstić information content (AvgIpc) is 2.85. The maximum Gasteiger partial charge on any atom is 0.243 e. The number of nitrogens with one attached hydrogen (secondary N) is 1. The van der Waals surface area contributed by atoms with Crippen molar-refractivity contribution in [2.75, 3.05) is 0 Å². The lowest BCUT2D eigenvalue weighted by Gasteiger charge is -2.32. The van der Waals surface area contributed by atoms with E-state index in [2.05, 4.69) is 5.32 Å². The highest BCUT2D eigenvalue weighted by Gasteiger charge is 2.31. The summed E-state index contributed by atoms with van der Waals surface area (Å²) in [7, 11) is 0. The monoisotopic (exact) mass is 530 g/mol. The first kappa shape index (κ1) is 27.1. The van der Waals surface area contributed by atoms with Crippen LogP contribution in [0.2, 0.25) is 15.1 Å². The second-order valence-electron chi connectivity index (χ2n) is 8.56. The lowest BCUT2D eigenvalue weighted by molar-refractivity contribution is -0.141. The number of halogens is 3. The summed E-state index contributed by atoms with van der Waals surface area (Å²) in [5, 5.41) is 4.40. The Labute approximate surface area is 222 Å². The van der Waals surface area contributed by atoms with E-state index in [0.29, 0.717) is 27.1 Å². The third kappa shape index (κ3) is 7.73. The summed E-state index contributed by atoms with van der Waals surface area (Å²) in [5.41, 5.74) is 2.45. The van der Waals surface area contributed by atoms with Crippen LogP contribution in [0.3, 0.4) is 0 Å². The van der Waals surface area contributed by atoms with Crippen LogP contribution in [-0.4, -0.2) is 28.8 Å². The van der Waals surface area contributed by atoms with Gasteiger partial charge in [0.25, 0.3) is 0 Å². The SMILES string of the molecule is CC[C@@H](C)NC(=O)[C@H](Cc1ccccc1)N(Cc1ccc(Cl)c(Cl)c1)C(=O)Cc1ccccc1Cl. The minimum Gasteiger partial charge on any atom is -0.352 e. The molecule has 0 aliphatic carbocycles. The van der Waals surface area contributed by atoms with Crippen molar-refractivity contribution < 1.29 is 9.59 Å². The van der Waals surface area contributed by atoms with E-state index < -0.39 is 6.04 Å². The molecule has 4 nitrogen and oxygen atoms in total. The van der Waals surface area contributed by atoms with Crippen LogP contribution < -0.4 is 5.32 Å². The van der Waals surface area contributed by atoms with Gasteiger partial charge in [0.15, 0.2) is 0 Å². The van der Waals surface area contributed by atoms with E-state index >= 15 is 0 Å². The molecule has 3 aromatic rings. The molecule has 0 radical (unpaired) electrons. The van der Waals surface area contributed by atoms with Gasteiger partial charge >= 0.3 is 0 Å². The average molecular weight is 532 g/mol. The van der Waals surface area contributed by atoms with Gasteiger partial charge in [0.05, 0.1) is 16.5 Å². The smallest absolute Gasteiger partial charge is 0.243 e. The minimum absolute atomic E-state index is 0.0220. The number of amides is 2. The van der Waals surface area contributed by atoms with Crippen molar-refractivity contribution in [3.05, 3.63) is 105 Å². The molecule has 2 atom stereocenters. The number of carbonyl (C=O) groups is 2. The lowest BCUT2D eigenvalue weighted by Crippen LogP contribution is -2.52. The molecule has 0 saturated heterocycles. The molecular weight excluding hydrogens is 503 g/mol. The summed E-state index contributed by atoms with van der Waals surface area (Å²) in [5.74, 6) is -0.403. The molecule has 3 aromatic carbocycles. The molecule has 35 heavy (non-hydrogen) atoms. The van der Waals surface area contributed by atoms with Gasteiger partial charge in [-0.05, 0) is 48.2 Å². The van der Waals surface area contributed by atoms with Gasteiger partial charge in [0, 0.05) is 24.0 Å². The van der Waals surface area contributed by atoms with Crippen LogP contribution in [-0.2, 0) is 29.0 Å². The summed E-state index contributed by atoms with van der Waals surface area (Å²) in [6, 6.07) is 21.4. The first-order chi connectivity index (χ1) is 16.8. The summed E-state index contributed by atoms with van der Waals surface area (Å²) in [4.78, 5) is 28.9. The summed E-state index contributed by atoms with van der Waals surface area (Å²) in [6.45, 7) is 4.16. The highest BCUT2D eigenvalue weighted by atomic mass is 35.5. The maximum atomic E-state index is 13.7. The Bertz CT molecular complexity index is 1150. The van der Waals surface area contributed by atoms with Crippen LogP contribution in [0.1, 0.15) is 37.0 Å². The zero-order valence-corrected chi connectivity index (χ0v) is 22.1. The number of hydrogen-bond acceptors (Lipinski definition) is 2. The fraction of sp³-hybridized carbons (Fsp3) is 0.286. The highest BCUT2D eigenvalue weighted by molar-refractivity contribution is 6.42. The van der Waals surface area contributed by atoms with E-state index in [-0.39, 0.29) is 30.8 Å². The summed E-state index contributed by atoms with van der Waals surface area (Å²) in [6.07, 6.45) is 1.23. The van der Waals surface area contributed by atoms with Crippen LogP contribution in [0.25, 0.3) is 0 Å². The van der Waals surface area contributed by atoms with Crippen LogP contribution >= 0.6 is 34.8 Å². The second-order valence-corrected chi connectivity index (χ2v) is 9.78. The Kier molecular flexibility index (Phi) is 10.0. The van der Waals surface area contributed by atoms with Crippen molar-refractivity contribution in [2.45, 2.75) is 51.7 Å². The molecule has 0 saturated carbocycles. The van der Waals surface area contributed by atoms with E-state index in [1.54, 1.807) is 23.1 Å². The van der Waals surface area contributed by atoms with Crippen LogP contribution in [0.5, 0.6) is 0 Å². The van der Waals surface area contributed by atoms with Gasteiger partial charge in [0.2, 0.25) is 11.8 Å². The molecule has 0 unspecified atom stereocenters. The second kappa shape index (κ2) is 13.0. The normalized spacial score (nSPS) is 12.6. The molecule has 3 rings (SSSR count). The van der Waals surface area contributed by atoms with Crippen LogP contribution in [0.4, 0.5) is 0 Å². The Morgan fingerprint density at radius 3 is 2.20 bits per heavy atom. The summed E-state index contributed by atoms with van der Waals surface area (Å²) >= 11 is 18.7. The molecule has 184 valence electrons. The molecule has 0 heterocycles. The van der Waals surface area contributed by atoms with Crippen molar-refractivity contribution in [3.63, 3.8) is 0 Å². The molecule has 0 aliphatic rings. The van der Waals surface area contributed by atoms with Crippen molar-refractivity contribution in [1.82, 2.24) is 10.2 Å². The minimum atomic E-state index is -0.726. The lowest BCUT2D eigenvalue weighted by atomic mass is 10.0. The van der Waals surface area contributed by atoms with Gasteiger partial charge in [0.1, 0.15) is 6.04 Å². The molecule has 0 aliphatic heterocycles. The van der Waals surface area contributed by atoms with Crippen molar-refractivity contribution in [2.24, 2.45) is 0 Å². The van der Waals surface area contributed by atoms with Crippen LogP contribution in [0, 0.1) is 0 Å². The van der Waals surface area contributed by atoms with E-state index in [1.165, 1.54) is 0 Å². The molecule has 0 spiro atoms. The maximum absolute atomic E-state index is 13.7. The predicted molar refractivity (Wildman–Crippen MR) is 144 cm³/mol. The third-order valence-corrected chi connectivity index (χ3v) is 7.02. The Morgan fingerprint density at radius 2 is 1.54 bits per heavy atom. The third-order valence-electron chi connectivity index (χ3n) is 5.91. The van der Waals surface area contributed by atoms with Gasteiger partial charge < -0.3 is 10.2 Å². The van der Waals surface area contributed by atoms with Crippen molar-refractivity contribution in [3.8, 4) is 0 Å². The first-order valence-electron chi connectivity index (χ1n) is 11.6. The molecule has 7 heteroatoms. The standard InChI is InChI=1S/C28H29Cl3N2O2/c1-3-19(2)32-28(35)26(16-20-9-5-4-6-10-20)33(18-21-13-14-24(30)25(31)15-21)27(34)17-22-11-7-8-12-23(22)29/h4-15,19,26H,3,16-18H2,1-2H3,(H,32,35)/t19-,26+/m1/s1. The fourth-order valence-electron chi connectivity index (χ4n) is 3.74. The number of hydrogen-bond donors (Lipinski definition) is 1. The van der Waals surface area contributed by atoms with Crippen LogP contribution in [0.15, 0.2) is 72.8 Å². The van der Waals surface area contributed by atoms with E-state index in [9.17, 15) is 9.59 Å². The zero-order valence-electron chi connectivity index (χ0n) is 19.8. The zero-order chi connectivity index (χ0) is 25.4. The molecule has 0 bridgehead atoms. The molecule has 0 aromatic heterocycles. The first-order valence-corrected chi connectivity index (χ1v) is 12.7. The number of benzene rings is 3. The van der Waals surface area contributed by atoms with E-state index in [1.807, 2.05) is 68.4 Å². The predicted octanol–water partition coefficient (Wildman–Crippen LogP) is 6.74.